The van der Waals surface area contributed by atoms with Crippen LogP contribution in [-0.2, 0) is 16.6 Å². The highest BCUT2D eigenvalue weighted by atomic mass is 32.2. The van der Waals surface area contributed by atoms with Gasteiger partial charge >= 0.3 is 0 Å². The molecular weight excluding hydrogens is 416 g/mol. The highest BCUT2D eigenvalue weighted by Gasteiger charge is 2.16. The topological polar surface area (TPSA) is 107 Å². The second-order valence-corrected chi connectivity index (χ2v) is 9.23. The van der Waals surface area contributed by atoms with E-state index in [0.717, 1.165) is 29.7 Å². The predicted octanol–water partition coefficient (Wildman–Crippen LogP) is 3.43. The van der Waals surface area contributed by atoms with Crippen LogP contribution in [0.5, 0.6) is 11.5 Å². The SMILES string of the molecule is CC/C=C(\CCCS(N)(=O)=O)CN1/C=N\C(CC)/C=N\c2cc(OC)c(OC)cc2C1. The van der Waals surface area contributed by atoms with Gasteiger partial charge in [0.15, 0.2) is 11.5 Å². The fraction of sp³-hybridized carbons (Fsp3) is 0.545. The minimum Gasteiger partial charge on any atom is -0.493 e. The van der Waals surface area contributed by atoms with E-state index in [1.807, 2.05) is 24.7 Å². The molecule has 0 fully saturated rings. The third-order valence-corrected chi connectivity index (χ3v) is 5.87. The summed E-state index contributed by atoms with van der Waals surface area (Å²) in [6.45, 7) is 5.37. The zero-order valence-corrected chi connectivity index (χ0v) is 19.7. The number of rotatable bonds is 10. The van der Waals surface area contributed by atoms with Crippen molar-refractivity contribution in [3.8, 4) is 11.5 Å². The summed E-state index contributed by atoms with van der Waals surface area (Å²) >= 11 is 0. The molecule has 0 saturated carbocycles. The molecule has 1 atom stereocenters. The summed E-state index contributed by atoms with van der Waals surface area (Å²) < 4.78 is 33.5. The van der Waals surface area contributed by atoms with Gasteiger partial charge < -0.3 is 14.4 Å². The molecule has 9 heteroatoms. The Morgan fingerprint density at radius 3 is 2.58 bits per heavy atom. The first-order valence-corrected chi connectivity index (χ1v) is 12.3. The van der Waals surface area contributed by atoms with Crippen LogP contribution in [0.2, 0.25) is 0 Å². The van der Waals surface area contributed by atoms with Crippen LogP contribution in [0.25, 0.3) is 0 Å². The van der Waals surface area contributed by atoms with Crippen molar-refractivity contribution in [1.82, 2.24) is 4.90 Å². The van der Waals surface area contributed by atoms with E-state index in [-0.39, 0.29) is 11.8 Å². The molecule has 1 aliphatic heterocycles. The molecule has 0 radical (unpaired) electrons. The van der Waals surface area contributed by atoms with Crippen molar-refractivity contribution in [3.05, 3.63) is 29.3 Å². The molecule has 8 nitrogen and oxygen atoms in total. The Bertz CT molecular complexity index is 926. The second kappa shape index (κ2) is 11.9. The quantitative estimate of drug-likeness (QED) is 0.550. The Hall–Kier alpha value is -2.39. The fourth-order valence-electron chi connectivity index (χ4n) is 3.40. The Balaban J connectivity index is 2.32. The Morgan fingerprint density at radius 2 is 1.97 bits per heavy atom. The van der Waals surface area contributed by atoms with Gasteiger partial charge in [-0.2, -0.15) is 0 Å². The molecule has 1 aromatic rings. The number of sulfonamides is 1. The Labute approximate surface area is 185 Å². The summed E-state index contributed by atoms with van der Waals surface area (Å²) in [7, 11) is -0.236. The number of hydrogen-bond donors (Lipinski definition) is 1. The van der Waals surface area contributed by atoms with E-state index in [2.05, 4.69) is 29.8 Å². The molecule has 0 saturated heterocycles. The minimum atomic E-state index is -3.46. The van der Waals surface area contributed by atoms with Crippen LogP contribution in [0.15, 0.2) is 33.8 Å². The van der Waals surface area contributed by atoms with Gasteiger partial charge in [0.2, 0.25) is 10.0 Å². The van der Waals surface area contributed by atoms with Crippen molar-refractivity contribution in [2.24, 2.45) is 15.1 Å². The molecule has 0 amide bonds. The minimum absolute atomic E-state index is 0.0201. The van der Waals surface area contributed by atoms with E-state index in [1.54, 1.807) is 14.2 Å². The van der Waals surface area contributed by atoms with Crippen molar-refractivity contribution in [2.45, 2.75) is 52.1 Å². The number of methoxy groups -OCH3 is 2. The van der Waals surface area contributed by atoms with Crippen LogP contribution in [-0.4, -0.2) is 58.4 Å². The van der Waals surface area contributed by atoms with Crippen LogP contribution < -0.4 is 14.6 Å². The zero-order chi connectivity index (χ0) is 22.9. The number of fused-ring (bicyclic) bond motifs is 1. The van der Waals surface area contributed by atoms with Gasteiger partial charge in [-0.1, -0.05) is 25.5 Å². The van der Waals surface area contributed by atoms with Crippen molar-refractivity contribution < 1.29 is 17.9 Å². The highest BCUT2D eigenvalue weighted by Crippen LogP contribution is 2.35. The molecule has 0 aliphatic carbocycles. The fourth-order valence-corrected chi connectivity index (χ4v) is 3.95. The lowest BCUT2D eigenvalue weighted by Gasteiger charge is -2.23. The number of nitrogens with zero attached hydrogens (tertiary/aromatic N) is 3. The average Bonchev–Trinajstić information content (AvgIpc) is 2.80. The first-order valence-electron chi connectivity index (χ1n) is 10.5. The smallest absolute Gasteiger partial charge is 0.209 e. The van der Waals surface area contributed by atoms with E-state index in [0.29, 0.717) is 37.4 Å². The van der Waals surface area contributed by atoms with Crippen LogP contribution in [0.1, 0.15) is 45.1 Å². The summed E-state index contributed by atoms with van der Waals surface area (Å²) in [5.74, 6) is 1.26. The van der Waals surface area contributed by atoms with Crippen LogP contribution in [0.3, 0.4) is 0 Å². The molecule has 172 valence electrons. The average molecular weight is 451 g/mol. The lowest BCUT2D eigenvalue weighted by Crippen LogP contribution is -2.25. The molecule has 1 aliphatic rings. The Kier molecular flexibility index (Phi) is 9.51. The predicted molar refractivity (Wildman–Crippen MR) is 126 cm³/mol. The molecule has 2 rings (SSSR count). The van der Waals surface area contributed by atoms with E-state index in [1.165, 1.54) is 0 Å². The number of hydrogen-bond acceptors (Lipinski definition) is 7. The molecule has 2 N–H and O–H groups in total. The Morgan fingerprint density at radius 1 is 1.26 bits per heavy atom. The summed E-state index contributed by atoms with van der Waals surface area (Å²) in [6.07, 6.45) is 8.75. The molecule has 1 aromatic carbocycles. The molecule has 0 bridgehead atoms. The van der Waals surface area contributed by atoms with Gasteiger partial charge in [0.05, 0.1) is 38.0 Å². The third-order valence-electron chi connectivity index (χ3n) is 5.01. The number of ether oxygens (including phenoxy) is 2. The zero-order valence-electron chi connectivity index (χ0n) is 18.9. The molecule has 1 heterocycles. The van der Waals surface area contributed by atoms with Crippen LogP contribution in [0.4, 0.5) is 5.69 Å². The van der Waals surface area contributed by atoms with Gasteiger partial charge in [-0.3, -0.25) is 9.98 Å². The maximum absolute atomic E-state index is 11.3. The van der Waals surface area contributed by atoms with Crippen molar-refractivity contribution in [2.75, 3.05) is 26.5 Å². The van der Waals surface area contributed by atoms with E-state index >= 15 is 0 Å². The summed E-state index contributed by atoms with van der Waals surface area (Å²) in [4.78, 5) is 11.5. The summed E-state index contributed by atoms with van der Waals surface area (Å²) in [5.41, 5.74) is 2.98. The number of aliphatic imine (C=N–C) groups is 2. The maximum Gasteiger partial charge on any atom is 0.209 e. The van der Waals surface area contributed by atoms with Crippen LogP contribution >= 0.6 is 0 Å². The van der Waals surface area contributed by atoms with E-state index in [4.69, 9.17) is 19.6 Å². The summed E-state index contributed by atoms with van der Waals surface area (Å²) in [5, 5.41) is 5.16. The molecular formula is C22H34N4O4S. The second-order valence-electron chi connectivity index (χ2n) is 7.50. The van der Waals surface area contributed by atoms with Crippen LogP contribution in [0, 0.1) is 0 Å². The monoisotopic (exact) mass is 450 g/mol. The highest BCUT2D eigenvalue weighted by molar-refractivity contribution is 7.89. The van der Waals surface area contributed by atoms with Crippen molar-refractivity contribution in [3.63, 3.8) is 0 Å². The van der Waals surface area contributed by atoms with Gasteiger partial charge in [0.25, 0.3) is 0 Å². The van der Waals surface area contributed by atoms with Gasteiger partial charge in [0, 0.05) is 30.9 Å². The lowest BCUT2D eigenvalue weighted by atomic mass is 10.1. The van der Waals surface area contributed by atoms with Gasteiger partial charge in [-0.25, -0.2) is 13.6 Å². The number of nitrogens with two attached hydrogens (primary N) is 1. The number of allylic oxidation sites excluding steroid dienone is 1. The lowest BCUT2D eigenvalue weighted by molar-refractivity contribution is 0.353. The maximum atomic E-state index is 11.3. The van der Waals surface area contributed by atoms with Gasteiger partial charge in [0.1, 0.15) is 0 Å². The summed E-state index contributed by atoms with van der Waals surface area (Å²) in [6, 6.07) is 3.81. The number of benzene rings is 1. The standard InChI is InChI=1S/C22H34N4O4S/c1-5-8-17(9-7-10-31(23,27)28)14-26-15-18-11-21(29-3)22(30-4)12-20(18)24-13-19(6-2)25-16-26/h8,11-13,16,19H,5-7,9-10,14-15H2,1-4H3,(H2,23,27,28)/b17-8+,24-13-,25-16-. The van der Waals surface area contributed by atoms with Crippen molar-refractivity contribution >= 4 is 28.3 Å². The van der Waals surface area contributed by atoms with Gasteiger partial charge in [-0.05, 0) is 31.7 Å². The molecule has 31 heavy (non-hydrogen) atoms. The molecule has 1 unspecified atom stereocenters. The molecule has 0 aromatic heterocycles. The normalized spacial score (nSPS) is 19.1. The van der Waals surface area contributed by atoms with Gasteiger partial charge in [-0.15, -0.1) is 0 Å². The first kappa shape index (κ1) is 24.9. The first-order chi connectivity index (χ1) is 14.8. The largest absolute Gasteiger partial charge is 0.493 e. The van der Waals surface area contributed by atoms with E-state index < -0.39 is 10.0 Å². The van der Waals surface area contributed by atoms with Crippen molar-refractivity contribution in [1.29, 1.82) is 0 Å². The van der Waals surface area contributed by atoms with E-state index in [9.17, 15) is 8.42 Å². The third kappa shape index (κ3) is 7.99. The molecule has 0 spiro atoms. The number of primary sulfonamides is 1.